The molecule has 1 aliphatic carbocycles. The standard InChI is InChI=1S/C21H20N4O2S/c1-21(12-22,15-7-8-15)24-18(26)11-28-20-23-17-10-14-6-4-3-5-13(14)9-16(17)19(27)25(20)2/h3-6,9-10,15H,7-8,11H2,1-2H3,(H,24,26)/t21-/m0/s1. The lowest BCUT2D eigenvalue weighted by Crippen LogP contribution is -2.47. The Bertz CT molecular complexity index is 1190. The molecule has 2 aromatic carbocycles. The summed E-state index contributed by atoms with van der Waals surface area (Å²) >= 11 is 1.20. The lowest BCUT2D eigenvalue weighted by molar-refractivity contribution is -0.119. The molecule has 7 heteroatoms. The molecule has 0 bridgehead atoms. The van der Waals surface area contributed by atoms with Gasteiger partial charge in [-0.05, 0) is 48.6 Å². The summed E-state index contributed by atoms with van der Waals surface area (Å²) < 4.78 is 1.47. The largest absolute Gasteiger partial charge is 0.337 e. The molecule has 1 N–H and O–H groups in total. The number of nitrogens with one attached hydrogen (secondary N) is 1. The van der Waals surface area contributed by atoms with Crippen LogP contribution >= 0.6 is 11.8 Å². The van der Waals surface area contributed by atoms with Crippen molar-refractivity contribution < 1.29 is 4.79 Å². The first kappa shape index (κ1) is 18.5. The SMILES string of the molecule is Cn1c(SCC(=O)N[C@@](C)(C#N)C2CC2)nc2cc3ccccc3cc2c1=O. The summed E-state index contributed by atoms with van der Waals surface area (Å²) in [4.78, 5) is 29.7. The van der Waals surface area contributed by atoms with E-state index in [-0.39, 0.29) is 23.1 Å². The van der Waals surface area contributed by atoms with Crippen LogP contribution in [-0.4, -0.2) is 26.8 Å². The number of amides is 1. The highest BCUT2D eigenvalue weighted by atomic mass is 32.2. The number of benzene rings is 2. The van der Waals surface area contributed by atoms with Crippen LogP contribution in [-0.2, 0) is 11.8 Å². The number of carbonyl (C=O) groups is 1. The van der Waals surface area contributed by atoms with Crippen LogP contribution in [0.25, 0.3) is 21.7 Å². The minimum atomic E-state index is -0.820. The van der Waals surface area contributed by atoms with Crippen molar-refractivity contribution in [2.45, 2.75) is 30.5 Å². The fourth-order valence-electron chi connectivity index (χ4n) is 3.40. The van der Waals surface area contributed by atoms with Crippen LogP contribution in [0.2, 0.25) is 0 Å². The van der Waals surface area contributed by atoms with E-state index in [1.54, 1.807) is 14.0 Å². The summed E-state index contributed by atoms with van der Waals surface area (Å²) in [6.45, 7) is 1.77. The molecule has 1 atom stereocenters. The Morgan fingerprint density at radius 2 is 2.04 bits per heavy atom. The molecule has 1 amide bonds. The maximum absolute atomic E-state index is 12.8. The fraction of sp³-hybridized carbons (Fsp3) is 0.333. The second-order valence-electron chi connectivity index (χ2n) is 7.40. The number of hydrogen-bond acceptors (Lipinski definition) is 5. The third-order valence-corrected chi connectivity index (χ3v) is 6.29. The molecule has 1 aliphatic rings. The number of fused-ring (bicyclic) bond motifs is 2. The molecule has 4 rings (SSSR count). The van der Waals surface area contributed by atoms with Crippen molar-refractivity contribution in [2.75, 3.05) is 5.75 Å². The molecule has 0 aliphatic heterocycles. The van der Waals surface area contributed by atoms with Crippen molar-refractivity contribution >= 4 is 39.3 Å². The van der Waals surface area contributed by atoms with Gasteiger partial charge in [0.1, 0.15) is 5.54 Å². The maximum atomic E-state index is 12.8. The van der Waals surface area contributed by atoms with Crippen molar-refractivity contribution in [1.29, 1.82) is 5.26 Å². The third-order valence-electron chi connectivity index (χ3n) is 5.26. The molecule has 0 saturated heterocycles. The quantitative estimate of drug-likeness (QED) is 0.410. The van der Waals surface area contributed by atoms with Crippen LogP contribution in [0.4, 0.5) is 0 Å². The van der Waals surface area contributed by atoms with Crippen molar-refractivity contribution in [2.24, 2.45) is 13.0 Å². The van der Waals surface area contributed by atoms with Crippen LogP contribution in [0, 0.1) is 17.2 Å². The van der Waals surface area contributed by atoms with Gasteiger partial charge in [-0.3, -0.25) is 14.2 Å². The van der Waals surface area contributed by atoms with Gasteiger partial charge in [-0.2, -0.15) is 5.26 Å². The summed E-state index contributed by atoms with van der Waals surface area (Å²) in [6, 6.07) is 13.8. The van der Waals surface area contributed by atoms with E-state index in [1.807, 2.05) is 36.4 Å². The highest BCUT2D eigenvalue weighted by molar-refractivity contribution is 7.99. The number of aromatic nitrogens is 2. The van der Waals surface area contributed by atoms with Crippen molar-refractivity contribution in [3.63, 3.8) is 0 Å². The van der Waals surface area contributed by atoms with E-state index in [4.69, 9.17) is 0 Å². The number of rotatable bonds is 5. The van der Waals surface area contributed by atoms with E-state index in [0.29, 0.717) is 16.1 Å². The van der Waals surface area contributed by atoms with Gasteiger partial charge in [0.15, 0.2) is 5.16 Å². The van der Waals surface area contributed by atoms with Crippen molar-refractivity contribution in [3.05, 3.63) is 46.8 Å². The minimum absolute atomic E-state index is 0.101. The summed E-state index contributed by atoms with van der Waals surface area (Å²) in [5.41, 5.74) is -0.345. The molecule has 1 heterocycles. The van der Waals surface area contributed by atoms with E-state index in [9.17, 15) is 14.9 Å². The molecule has 1 aromatic heterocycles. The Morgan fingerprint density at radius 1 is 1.36 bits per heavy atom. The topological polar surface area (TPSA) is 87.8 Å². The highest BCUT2D eigenvalue weighted by Crippen LogP contribution is 2.39. The molecule has 1 saturated carbocycles. The minimum Gasteiger partial charge on any atom is -0.337 e. The zero-order valence-corrected chi connectivity index (χ0v) is 16.5. The summed E-state index contributed by atoms with van der Waals surface area (Å²) in [5.74, 6) is 0.0975. The molecule has 1 fully saturated rings. The molecular weight excluding hydrogens is 372 g/mol. The molecule has 3 aromatic rings. The van der Waals surface area contributed by atoms with Gasteiger partial charge in [0.05, 0.1) is 22.7 Å². The Labute approximate surface area is 166 Å². The predicted octanol–water partition coefficient (Wildman–Crippen LogP) is 2.99. The van der Waals surface area contributed by atoms with Gasteiger partial charge < -0.3 is 5.32 Å². The first-order chi connectivity index (χ1) is 13.4. The molecule has 142 valence electrons. The normalized spacial score (nSPS) is 15.9. The fourth-order valence-corrected chi connectivity index (χ4v) is 4.18. The number of nitrogens with zero attached hydrogens (tertiary/aromatic N) is 3. The first-order valence-electron chi connectivity index (χ1n) is 9.16. The summed E-state index contributed by atoms with van der Waals surface area (Å²) in [7, 11) is 1.66. The van der Waals surface area contributed by atoms with Gasteiger partial charge in [0.25, 0.3) is 5.56 Å². The third kappa shape index (κ3) is 3.36. The van der Waals surface area contributed by atoms with Crippen LogP contribution in [0.1, 0.15) is 19.8 Å². The smallest absolute Gasteiger partial charge is 0.261 e. The van der Waals surface area contributed by atoms with Gasteiger partial charge in [-0.1, -0.05) is 36.0 Å². The average Bonchev–Trinajstić information content (AvgIpc) is 3.54. The number of thioether (sulfide) groups is 1. The number of carbonyl (C=O) groups excluding carboxylic acids is 1. The van der Waals surface area contributed by atoms with Gasteiger partial charge in [-0.15, -0.1) is 0 Å². The highest BCUT2D eigenvalue weighted by Gasteiger charge is 2.42. The molecular formula is C21H20N4O2S. The monoisotopic (exact) mass is 392 g/mol. The molecule has 0 spiro atoms. The Morgan fingerprint density at radius 3 is 2.68 bits per heavy atom. The number of hydrogen-bond donors (Lipinski definition) is 1. The average molecular weight is 392 g/mol. The second-order valence-corrected chi connectivity index (χ2v) is 8.34. The van der Waals surface area contributed by atoms with Crippen LogP contribution in [0.3, 0.4) is 0 Å². The maximum Gasteiger partial charge on any atom is 0.261 e. The zero-order valence-electron chi connectivity index (χ0n) is 15.7. The van der Waals surface area contributed by atoms with E-state index >= 15 is 0 Å². The molecule has 6 nitrogen and oxygen atoms in total. The summed E-state index contributed by atoms with van der Waals surface area (Å²) in [5, 5.41) is 15.3. The van der Waals surface area contributed by atoms with E-state index in [1.165, 1.54) is 16.3 Å². The number of nitriles is 1. The van der Waals surface area contributed by atoms with Crippen LogP contribution in [0.5, 0.6) is 0 Å². The van der Waals surface area contributed by atoms with E-state index in [2.05, 4.69) is 16.4 Å². The predicted molar refractivity (Wildman–Crippen MR) is 110 cm³/mol. The van der Waals surface area contributed by atoms with Gasteiger partial charge >= 0.3 is 0 Å². The second kappa shape index (κ2) is 6.95. The lowest BCUT2D eigenvalue weighted by Gasteiger charge is -2.22. The van der Waals surface area contributed by atoms with Crippen molar-refractivity contribution in [3.8, 4) is 6.07 Å². The van der Waals surface area contributed by atoms with E-state index in [0.717, 1.165) is 23.6 Å². The Balaban J connectivity index is 1.59. The molecule has 28 heavy (non-hydrogen) atoms. The van der Waals surface area contributed by atoms with Crippen LogP contribution in [0.15, 0.2) is 46.3 Å². The van der Waals surface area contributed by atoms with E-state index < -0.39 is 5.54 Å². The Kier molecular flexibility index (Phi) is 4.60. The lowest BCUT2D eigenvalue weighted by atomic mass is 9.98. The Hall–Kier alpha value is -2.85. The zero-order chi connectivity index (χ0) is 19.9. The molecule has 0 unspecified atom stereocenters. The van der Waals surface area contributed by atoms with Crippen molar-refractivity contribution in [1.82, 2.24) is 14.9 Å². The van der Waals surface area contributed by atoms with Gasteiger partial charge in [0, 0.05) is 7.05 Å². The van der Waals surface area contributed by atoms with Gasteiger partial charge in [-0.25, -0.2) is 4.98 Å². The molecule has 0 radical (unpaired) electrons. The first-order valence-corrected chi connectivity index (χ1v) is 10.1. The van der Waals surface area contributed by atoms with Gasteiger partial charge in [0.2, 0.25) is 5.91 Å². The van der Waals surface area contributed by atoms with Crippen LogP contribution < -0.4 is 10.9 Å². The summed E-state index contributed by atoms with van der Waals surface area (Å²) in [6.07, 6.45) is 1.93.